The Labute approximate surface area is 53.4 Å². The summed E-state index contributed by atoms with van der Waals surface area (Å²) in [6.45, 7) is 3.06. The Bertz CT molecular complexity index is 37.8. The first kappa shape index (κ1) is 9.61. The summed E-state index contributed by atoms with van der Waals surface area (Å²) in [5.74, 6) is 0. The molecule has 0 saturated heterocycles. The maximum atomic E-state index is 11.1. The van der Waals surface area contributed by atoms with E-state index in [1.54, 1.807) is 0 Å². The Morgan fingerprint density at radius 2 is 2.00 bits per heavy atom. The van der Waals surface area contributed by atoms with Crippen LogP contribution in [0.2, 0.25) is 0 Å². The van der Waals surface area contributed by atoms with Crippen LogP contribution in [0.3, 0.4) is 0 Å². The third kappa shape index (κ3) is 8.84. The number of hydrogen-bond donors (Lipinski definition) is 1. The third-order valence-corrected chi connectivity index (χ3v) is 0.225. The van der Waals surface area contributed by atoms with Crippen LogP contribution in [-0.4, -0.2) is 6.30 Å². The summed E-state index contributed by atoms with van der Waals surface area (Å²) in [5, 5.41) is 0. The van der Waals surface area contributed by atoms with Crippen molar-refractivity contribution in [2.45, 2.75) is 6.30 Å². The molecule has 0 aliphatic rings. The van der Waals surface area contributed by atoms with Gasteiger partial charge in [0.05, 0.1) is 0 Å². The lowest BCUT2D eigenvalue weighted by atomic mass is 10.6. The van der Waals surface area contributed by atoms with Crippen molar-refractivity contribution < 1.29 is 4.39 Å². The van der Waals surface area contributed by atoms with Crippen molar-refractivity contribution in [2.75, 3.05) is 0 Å². The summed E-state index contributed by atoms with van der Waals surface area (Å²) in [6.07, 6.45) is -0.324. The molecule has 0 fully saturated rings. The van der Waals surface area contributed by atoms with E-state index in [4.69, 9.17) is 0 Å². The van der Waals surface area contributed by atoms with Gasteiger partial charge in [-0.25, -0.2) is 4.39 Å². The first-order valence-electron chi connectivity index (χ1n) is 1.29. The van der Waals surface area contributed by atoms with Crippen LogP contribution < -0.4 is 5.73 Å². The second-order valence-electron chi connectivity index (χ2n) is 0.680. The highest BCUT2D eigenvalue weighted by molar-refractivity contribution is 14.0. The molecule has 1 atom stereocenters. The summed E-state index contributed by atoms with van der Waals surface area (Å²) in [5.41, 5.74) is 4.51. The highest BCUT2D eigenvalue weighted by atomic mass is 127. The lowest BCUT2D eigenvalue weighted by Gasteiger charge is -1.81. The number of halogens is 2. The molecule has 1 nitrogen and oxygen atoms in total. The molecule has 0 radical (unpaired) electrons. The van der Waals surface area contributed by atoms with E-state index in [1.165, 1.54) is 0 Å². The van der Waals surface area contributed by atoms with Crippen LogP contribution in [0.25, 0.3) is 0 Å². The van der Waals surface area contributed by atoms with Crippen molar-refractivity contribution in [3.63, 3.8) is 0 Å². The van der Waals surface area contributed by atoms with Crippen LogP contribution in [0.15, 0.2) is 12.7 Å². The van der Waals surface area contributed by atoms with E-state index in [0.717, 1.165) is 6.08 Å². The summed E-state index contributed by atoms with van der Waals surface area (Å²) < 4.78 is 11.1. The van der Waals surface area contributed by atoms with Gasteiger partial charge < -0.3 is 0 Å². The van der Waals surface area contributed by atoms with Gasteiger partial charge in [-0.3, -0.25) is 5.73 Å². The molecule has 1 unspecified atom stereocenters. The molecular weight excluding hydrogens is 196 g/mol. The summed E-state index contributed by atoms with van der Waals surface area (Å²) in [4.78, 5) is 0. The first-order chi connectivity index (χ1) is 2.27. The molecule has 0 heterocycles. The Morgan fingerprint density at radius 3 is 2.00 bits per heavy atom. The predicted molar refractivity (Wildman–Crippen MR) is 34.7 cm³/mol. The highest BCUT2D eigenvalue weighted by Gasteiger charge is 1.79. The molecule has 0 saturated carbocycles. The van der Waals surface area contributed by atoms with Gasteiger partial charge in [-0.1, -0.05) is 6.58 Å². The number of hydrogen-bond acceptors (Lipinski definition) is 1. The summed E-state index contributed by atoms with van der Waals surface area (Å²) >= 11 is 0. The average molecular weight is 203 g/mol. The molecule has 38 valence electrons. The van der Waals surface area contributed by atoms with E-state index < -0.39 is 6.30 Å². The maximum Gasteiger partial charge on any atom is 0.167 e. The van der Waals surface area contributed by atoms with E-state index in [9.17, 15) is 4.39 Å². The standard InChI is InChI=1S/C3H6FN.HI/c1-2-3(4)5;/h2-3H,1,5H2;1H. The Kier molecular flexibility index (Phi) is 8.59. The van der Waals surface area contributed by atoms with E-state index in [-0.39, 0.29) is 24.0 Å². The van der Waals surface area contributed by atoms with Gasteiger partial charge in [-0.15, -0.1) is 24.0 Å². The molecule has 0 amide bonds. The van der Waals surface area contributed by atoms with E-state index in [2.05, 4.69) is 12.3 Å². The van der Waals surface area contributed by atoms with Gasteiger partial charge in [-0.05, 0) is 6.08 Å². The van der Waals surface area contributed by atoms with Crippen molar-refractivity contribution in [1.29, 1.82) is 0 Å². The monoisotopic (exact) mass is 203 g/mol. The molecule has 6 heavy (non-hydrogen) atoms. The van der Waals surface area contributed by atoms with Gasteiger partial charge in [0, 0.05) is 0 Å². The Balaban J connectivity index is 0. The van der Waals surface area contributed by atoms with Crippen LogP contribution >= 0.6 is 24.0 Å². The van der Waals surface area contributed by atoms with Gasteiger partial charge >= 0.3 is 0 Å². The second-order valence-corrected chi connectivity index (χ2v) is 0.680. The number of rotatable bonds is 1. The van der Waals surface area contributed by atoms with Crippen molar-refractivity contribution in [2.24, 2.45) is 5.73 Å². The van der Waals surface area contributed by atoms with Gasteiger partial charge in [0.1, 0.15) is 0 Å². The minimum atomic E-state index is -1.35. The minimum Gasteiger partial charge on any atom is -0.298 e. The van der Waals surface area contributed by atoms with E-state index >= 15 is 0 Å². The lowest BCUT2D eigenvalue weighted by Crippen LogP contribution is -2.06. The van der Waals surface area contributed by atoms with Gasteiger partial charge in [0.15, 0.2) is 6.30 Å². The lowest BCUT2D eigenvalue weighted by molar-refractivity contribution is 0.413. The molecule has 0 aromatic rings. The quantitative estimate of drug-likeness (QED) is 0.384. The fourth-order valence-electron chi connectivity index (χ4n) is 0. The van der Waals surface area contributed by atoms with Gasteiger partial charge in [-0.2, -0.15) is 0 Å². The largest absolute Gasteiger partial charge is 0.298 e. The van der Waals surface area contributed by atoms with Crippen molar-refractivity contribution >= 4 is 24.0 Å². The fraction of sp³-hybridized carbons (Fsp3) is 0.333. The summed E-state index contributed by atoms with van der Waals surface area (Å²) in [7, 11) is 0. The van der Waals surface area contributed by atoms with Crippen molar-refractivity contribution in [3.8, 4) is 0 Å². The molecule has 2 N–H and O–H groups in total. The van der Waals surface area contributed by atoms with Gasteiger partial charge in [0.25, 0.3) is 0 Å². The fourth-order valence-corrected chi connectivity index (χ4v) is 0. The molecular formula is C3H7FIN. The number of alkyl halides is 1. The van der Waals surface area contributed by atoms with Crippen molar-refractivity contribution in [3.05, 3.63) is 12.7 Å². The van der Waals surface area contributed by atoms with Crippen LogP contribution in [0.1, 0.15) is 0 Å². The predicted octanol–water partition coefficient (Wildman–Crippen LogP) is 1.04. The van der Waals surface area contributed by atoms with Crippen molar-refractivity contribution in [1.82, 2.24) is 0 Å². The molecule has 0 aliphatic carbocycles. The molecule has 0 aromatic carbocycles. The number of nitrogens with two attached hydrogens (primary N) is 1. The second kappa shape index (κ2) is 5.36. The van der Waals surface area contributed by atoms with Crippen LogP contribution in [-0.2, 0) is 0 Å². The zero-order valence-corrected chi connectivity index (χ0v) is 5.56. The minimum absolute atomic E-state index is 0. The van der Waals surface area contributed by atoms with Gasteiger partial charge in [0.2, 0.25) is 0 Å². The Morgan fingerprint density at radius 1 is 1.83 bits per heavy atom. The molecule has 0 aliphatic heterocycles. The Hall–Kier alpha value is 0.360. The average Bonchev–Trinajstić information content (AvgIpc) is 1.38. The van der Waals surface area contributed by atoms with Crippen LogP contribution in [0.4, 0.5) is 4.39 Å². The summed E-state index contributed by atoms with van der Waals surface area (Å²) in [6, 6.07) is 0. The highest BCUT2D eigenvalue weighted by Crippen LogP contribution is 1.73. The SMILES string of the molecule is C=CC(N)F.I. The first-order valence-corrected chi connectivity index (χ1v) is 1.29. The molecule has 3 heteroatoms. The van der Waals surface area contributed by atoms with E-state index in [0.29, 0.717) is 0 Å². The normalized spacial score (nSPS) is 11.7. The smallest absolute Gasteiger partial charge is 0.167 e. The topological polar surface area (TPSA) is 26.0 Å². The molecule has 0 spiro atoms. The van der Waals surface area contributed by atoms with Crippen LogP contribution in [0.5, 0.6) is 0 Å². The maximum absolute atomic E-state index is 11.1. The third-order valence-electron chi connectivity index (χ3n) is 0.225. The zero-order chi connectivity index (χ0) is 4.28. The molecule has 0 bridgehead atoms. The molecule has 0 aromatic heterocycles. The van der Waals surface area contributed by atoms with E-state index in [1.807, 2.05) is 0 Å². The molecule has 0 rings (SSSR count). The van der Waals surface area contributed by atoms with Crippen LogP contribution in [0, 0.1) is 0 Å². The zero-order valence-electron chi connectivity index (χ0n) is 3.23.